The van der Waals surface area contributed by atoms with Gasteiger partial charge in [-0.15, -0.1) is 0 Å². The number of aromatic nitrogens is 1. The van der Waals surface area contributed by atoms with Gasteiger partial charge in [-0.05, 0) is 104 Å². The van der Waals surface area contributed by atoms with Gasteiger partial charge in [-0.1, -0.05) is 31.4 Å². The number of allylic oxidation sites excluding steroid dienone is 2. The van der Waals surface area contributed by atoms with Gasteiger partial charge in [0.05, 0.1) is 29.2 Å². The lowest BCUT2D eigenvalue weighted by Gasteiger charge is -2.43. The number of carbonyl (C=O) groups is 4. The topological polar surface area (TPSA) is 169 Å². The van der Waals surface area contributed by atoms with Crippen LogP contribution in [-0.4, -0.2) is 96.1 Å². The molecule has 66 heavy (non-hydrogen) atoms. The van der Waals surface area contributed by atoms with Crippen LogP contribution in [0.25, 0.3) is 22.2 Å². The van der Waals surface area contributed by atoms with Crippen LogP contribution in [0.2, 0.25) is 0 Å². The molecule has 4 aliphatic heterocycles. The lowest BCUT2D eigenvalue weighted by atomic mass is 9.86. The van der Waals surface area contributed by atoms with E-state index in [1.165, 1.54) is 11.0 Å². The molecule has 3 fully saturated rings. The third-order valence-electron chi connectivity index (χ3n) is 13.2. The van der Waals surface area contributed by atoms with Crippen molar-refractivity contribution in [1.29, 1.82) is 5.26 Å². The number of anilines is 1. The van der Waals surface area contributed by atoms with E-state index >= 15 is 13.2 Å². The first-order valence-corrected chi connectivity index (χ1v) is 22.3. The smallest absolute Gasteiger partial charge is 0.428 e. The van der Waals surface area contributed by atoms with E-state index < -0.39 is 42.4 Å². The van der Waals surface area contributed by atoms with Gasteiger partial charge in [0.2, 0.25) is 29.2 Å². The number of H-pyrrole nitrogens is 1. The number of halogens is 3. The van der Waals surface area contributed by atoms with Crippen LogP contribution in [0.3, 0.4) is 0 Å². The van der Waals surface area contributed by atoms with Gasteiger partial charge in [0.15, 0.2) is 0 Å². The second-order valence-electron chi connectivity index (χ2n) is 17.4. The number of ether oxygens (including phenoxy) is 2. The van der Waals surface area contributed by atoms with Crippen molar-refractivity contribution >= 4 is 40.2 Å². The number of likely N-dealkylation sites (tertiary alicyclic amines) is 2. The molecule has 0 radical (unpaired) electrons. The molecule has 4 N–H and O–H groups in total. The number of hydrogen-bond donors (Lipinski definition) is 4. The largest absolute Gasteiger partial charge is 0.492 e. The molecule has 0 spiro atoms. The van der Waals surface area contributed by atoms with Crippen molar-refractivity contribution in [3.63, 3.8) is 0 Å². The van der Waals surface area contributed by atoms with Gasteiger partial charge < -0.3 is 34.9 Å². The number of fused-ring (bicyclic) bond motifs is 2. The molecule has 4 aromatic rings. The van der Waals surface area contributed by atoms with E-state index in [4.69, 9.17) is 9.47 Å². The summed E-state index contributed by atoms with van der Waals surface area (Å²) in [6.07, 6.45) is 0.337. The molecule has 1 aromatic heterocycles. The van der Waals surface area contributed by atoms with Gasteiger partial charge >= 0.3 is 6.18 Å². The first-order valence-electron chi connectivity index (χ1n) is 22.3. The molecule has 4 aliphatic rings. The minimum absolute atomic E-state index is 0.0187. The molecule has 0 bridgehead atoms. The summed E-state index contributed by atoms with van der Waals surface area (Å²) in [7, 11) is 0. The van der Waals surface area contributed by atoms with Crippen LogP contribution in [0.4, 0.5) is 18.9 Å². The van der Waals surface area contributed by atoms with Gasteiger partial charge in [-0.25, -0.2) is 0 Å². The Morgan fingerprint density at radius 2 is 1.71 bits per heavy atom. The molecule has 16 heteroatoms. The third kappa shape index (κ3) is 9.72. The number of hydrogen-bond acceptors (Lipinski definition) is 9. The maximum Gasteiger partial charge on any atom is 0.428 e. The summed E-state index contributed by atoms with van der Waals surface area (Å²) in [5.41, 5.74) is 1.98. The predicted molar refractivity (Wildman–Crippen MR) is 242 cm³/mol. The number of nitrogens with one attached hydrogen (secondary N) is 4. The summed E-state index contributed by atoms with van der Waals surface area (Å²) in [5, 5.41) is 18.9. The molecule has 2 unspecified atom stereocenters. The van der Waals surface area contributed by atoms with E-state index in [9.17, 15) is 24.4 Å². The van der Waals surface area contributed by atoms with Gasteiger partial charge in [0.1, 0.15) is 18.1 Å². The highest BCUT2D eigenvalue weighted by molar-refractivity contribution is 6.01. The quantitative estimate of drug-likeness (QED) is 0.0569. The fourth-order valence-electron chi connectivity index (χ4n) is 9.45. The van der Waals surface area contributed by atoms with Crippen LogP contribution in [0.1, 0.15) is 62.0 Å². The van der Waals surface area contributed by atoms with Crippen molar-refractivity contribution in [3.05, 3.63) is 114 Å². The Bertz CT molecular complexity index is 2620. The van der Waals surface area contributed by atoms with Gasteiger partial charge in [-0.2, -0.15) is 18.4 Å². The summed E-state index contributed by atoms with van der Waals surface area (Å²) < 4.78 is 57.3. The Morgan fingerprint density at radius 1 is 0.939 bits per heavy atom. The maximum atomic E-state index is 15.1. The Hall–Kier alpha value is -6.86. The average Bonchev–Trinajstić information content (AvgIpc) is 3.75. The molecule has 13 nitrogen and oxygen atoms in total. The molecule has 5 heterocycles. The molecule has 0 saturated carbocycles. The average molecular weight is 904 g/mol. The number of amides is 4. The molecule has 0 aliphatic carbocycles. The van der Waals surface area contributed by atoms with E-state index in [1.54, 1.807) is 66.7 Å². The lowest BCUT2D eigenvalue weighted by Crippen LogP contribution is -2.58. The number of nitriles is 1. The SMILES string of the molecule is C=C/C(=C\C(=C)C1CCC(=O)NC1=O)N1CCC(CNCCOc2ccc3c(c2)C(C(=O)N2CCC(Oc4ccccc4-c4cc5c(C#N)cccc5[nH]4)(C(F)(F)F)CC2)CC(=O)N3)CC1. The highest BCUT2D eigenvalue weighted by Gasteiger charge is 2.59. The van der Waals surface area contributed by atoms with Crippen LogP contribution in [-0.2, 0) is 19.2 Å². The second-order valence-corrected chi connectivity index (χ2v) is 17.4. The van der Waals surface area contributed by atoms with E-state index in [2.05, 4.69) is 45.1 Å². The summed E-state index contributed by atoms with van der Waals surface area (Å²) >= 11 is 0. The monoisotopic (exact) mass is 903 g/mol. The molecule has 3 aromatic carbocycles. The van der Waals surface area contributed by atoms with Crippen molar-refractivity contribution in [3.8, 4) is 28.8 Å². The lowest BCUT2D eigenvalue weighted by molar-refractivity contribution is -0.260. The van der Waals surface area contributed by atoms with Crippen molar-refractivity contribution in [2.24, 2.45) is 11.8 Å². The number of piperidine rings is 3. The number of nitrogens with zero attached hydrogens (tertiary/aromatic N) is 3. The van der Waals surface area contributed by atoms with E-state index in [1.807, 2.05) is 6.08 Å². The number of aromatic amines is 1. The predicted octanol–water partition coefficient (Wildman–Crippen LogP) is 7.49. The number of alkyl halides is 3. The Kier molecular flexibility index (Phi) is 13.4. The van der Waals surface area contributed by atoms with Crippen molar-refractivity contribution < 1.29 is 41.8 Å². The van der Waals surface area contributed by atoms with Crippen LogP contribution >= 0.6 is 0 Å². The Labute approximate surface area is 380 Å². The number of imide groups is 1. The van der Waals surface area contributed by atoms with Crippen molar-refractivity contribution in [2.75, 3.05) is 51.2 Å². The minimum atomic E-state index is -4.77. The minimum Gasteiger partial charge on any atom is -0.492 e. The Balaban J connectivity index is 0.844. The van der Waals surface area contributed by atoms with Gasteiger partial charge in [-0.3, -0.25) is 24.5 Å². The standard InChI is InChI=1S/C50H52F3N7O6/c1-3-34(25-31(2)36-12-14-45(61)58-47(36)63)59-20-15-32(16-21-59)30-55-19-24-65-35-11-13-42-39(26-35)40(28-46(62)57-42)48(64)60-22-17-49(18-23-60,50(51,52)53)66-44-10-5-4-8-37(44)43-27-38-33(29-54)7-6-9-41(38)56-43/h3-11,13,25-27,32,36,40,55-56H,1-2,12,14-24,28,30H2,(H,57,62)(H,58,61,63)/b34-25+. The molecular weight excluding hydrogens is 852 g/mol. The van der Waals surface area contributed by atoms with Crippen LogP contribution in [0.15, 0.2) is 103 Å². The zero-order valence-corrected chi connectivity index (χ0v) is 36.5. The molecular formula is C50H52F3N7O6. The summed E-state index contributed by atoms with van der Waals surface area (Å²) in [6.45, 7) is 10.9. The Morgan fingerprint density at radius 3 is 2.44 bits per heavy atom. The first-order chi connectivity index (χ1) is 31.8. The molecule has 8 rings (SSSR count). The zero-order valence-electron chi connectivity index (χ0n) is 36.5. The normalized spacial score (nSPS) is 20.2. The van der Waals surface area contributed by atoms with Crippen molar-refractivity contribution in [1.82, 2.24) is 25.4 Å². The van der Waals surface area contributed by atoms with E-state index in [-0.39, 0.29) is 43.0 Å². The van der Waals surface area contributed by atoms with Gasteiger partial charge in [0.25, 0.3) is 0 Å². The number of rotatable bonds is 14. The van der Waals surface area contributed by atoms with Crippen LogP contribution < -0.4 is 25.4 Å². The number of benzene rings is 3. The molecule has 3 saturated heterocycles. The first kappa shape index (κ1) is 45.7. The van der Waals surface area contributed by atoms with E-state index in [0.717, 1.165) is 38.2 Å². The van der Waals surface area contributed by atoms with Gasteiger partial charge in [0, 0.05) is 86.3 Å². The third-order valence-corrected chi connectivity index (χ3v) is 13.2. The fourth-order valence-corrected chi connectivity index (χ4v) is 9.45. The summed E-state index contributed by atoms with van der Waals surface area (Å²) in [6, 6.07) is 20.6. The van der Waals surface area contributed by atoms with E-state index in [0.29, 0.717) is 82.2 Å². The van der Waals surface area contributed by atoms with Crippen molar-refractivity contribution in [2.45, 2.75) is 62.6 Å². The highest BCUT2D eigenvalue weighted by atomic mass is 19.4. The second kappa shape index (κ2) is 19.3. The maximum absolute atomic E-state index is 15.1. The zero-order chi connectivity index (χ0) is 46.6. The number of carbonyl (C=O) groups excluding carboxylic acids is 4. The molecule has 344 valence electrons. The fraction of sp³-hybridized carbons (Fsp3) is 0.380. The molecule has 2 atom stereocenters. The summed E-state index contributed by atoms with van der Waals surface area (Å²) in [4.78, 5) is 57.7. The number of para-hydroxylation sites is 1. The highest BCUT2D eigenvalue weighted by Crippen LogP contribution is 2.46. The van der Waals surface area contributed by atoms with Crippen LogP contribution in [0.5, 0.6) is 11.5 Å². The summed E-state index contributed by atoms with van der Waals surface area (Å²) in [5.74, 6) is -1.76. The van der Waals surface area contributed by atoms with Crippen LogP contribution in [0, 0.1) is 23.2 Å². The molecule has 4 amide bonds.